The Hall–Kier alpha value is -1.99. The summed E-state index contributed by atoms with van der Waals surface area (Å²) < 4.78 is 1.60. The normalized spacial score (nSPS) is 16.2. The molecule has 1 aliphatic rings. The van der Waals surface area contributed by atoms with Crippen molar-refractivity contribution in [3.8, 4) is 5.82 Å². The van der Waals surface area contributed by atoms with Gasteiger partial charge in [0.05, 0.1) is 10.6 Å². The number of hydrogen-bond donors (Lipinski definition) is 0. The number of pyridine rings is 1. The van der Waals surface area contributed by atoms with Crippen LogP contribution in [0.4, 0.5) is 0 Å². The molecule has 3 rings (SSSR count). The Bertz CT molecular complexity index is 636. The van der Waals surface area contributed by atoms with E-state index in [1.54, 1.807) is 16.8 Å². The summed E-state index contributed by atoms with van der Waals surface area (Å²) in [6, 6.07) is 1.64. The lowest BCUT2D eigenvalue weighted by Gasteiger charge is -2.32. The predicted molar refractivity (Wildman–Crippen MR) is 77.6 cm³/mol. The van der Waals surface area contributed by atoms with Gasteiger partial charge in [0.1, 0.15) is 12.7 Å². The molecule has 0 spiro atoms. The van der Waals surface area contributed by atoms with Crippen LogP contribution in [0.15, 0.2) is 24.9 Å². The summed E-state index contributed by atoms with van der Waals surface area (Å²) in [6.45, 7) is 3.21. The number of hydrogen-bond acceptors (Lipinski definition) is 5. The Morgan fingerprint density at radius 1 is 1.19 bits per heavy atom. The molecule has 1 fully saturated rings. The molecule has 0 unspecified atom stereocenters. The monoisotopic (exact) mass is 306 g/mol. The molecule has 2 aromatic heterocycles. The van der Waals surface area contributed by atoms with E-state index in [4.69, 9.17) is 11.6 Å². The van der Waals surface area contributed by atoms with Gasteiger partial charge in [-0.3, -0.25) is 9.36 Å². The summed E-state index contributed by atoms with van der Waals surface area (Å²) in [5.74, 6) is 0.476. The van der Waals surface area contributed by atoms with Crippen LogP contribution in [0.25, 0.3) is 5.82 Å². The molecule has 1 aliphatic heterocycles. The fraction of sp³-hybridized carbons (Fsp3) is 0.385. The maximum absolute atomic E-state index is 12.4. The van der Waals surface area contributed by atoms with Gasteiger partial charge in [0.2, 0.25) is 0 Å². The molecule has 0 bridgehead atoms. The van der Waals surface area contributed by atoms with Crippen molar-refractivity contribution in [1.82, 2.24) is 29.5 Å². The zero-order valence-corrected chi connectivity index (χ0v) is 12.4. The first-order valence-corrected chi connectivity index (χ1v) is 7.01. The van der Waals surface area contributed by atoms with Crippen molar-refractivity contribution in [2.75, 3.05) is 33.2 Å². The van der Waals surface area contributed by atoms with Crippen LogP contribution in [0.2, 0.25) is 5.02 Å². The SMILES string of the molecule is CN1CCN(C(=O)c2cnc(-n3cnnc3)c(Cl)c2)CC1. The third-order valence-corrected chi connectivity index (χ3v) is 3.80. The number of carbonyl (C=O) groups is 1. The number of halogens is 1. The second-order valence-corrected chi connectivity index (χ2v) is 5.40. The van der Waals surface area contributed by atoms with Crippen molar-refractivity contribution in [2.45, 2.75) is 0 Å². The molecule has 0 N–H and O–H groups in total. The van der Waals surface area contributed by atoms with Crippen molar-refractivity contribution in [1.29, 1.82) is 0 Å². The highest BCUT2D eigenvalue weighted by molar-refractivity contribution is 6.32. The first-order valence-electron chi connectivity index (χ1n) is 6.63. The Labute approximate surface area is 127 Å². The fourth-order valence-corrected chi connectivity index (χ4v) is 2.50. The summed E-state index contributed by atoms with van der Waals surface area (Å²) >= 11 is 6.21. The fourth-order valence-electron chi connectivity index (χ4n) is 2.24. The lowest BCUT2D eigenvalue weighted by molar-refractivity contribution is 0.0663. The van der Waals surface area contributed by atoms with E-state index in [-0.39, 0.29) is 5.91 Å². The third-order valence-electron chi connectivity index (χ3n) is 3.52. The minimum absolute atomic E-state index is 0.0344. The van der Waals surface area contributed by atoms with Gasteiger partial charge in [-0.2, -0.15) is 0 Å². The topological polar surface area (TPSA) is 67.2 Å². The minimum Gasteiger partial charge on any atom is -0.336 e. The second kappa shape index (κ2) is 5.79. The van der Waals surface area contributed by atoms with Crippen LogP contribution >= 0.6 is 11.6 Å². The molecule has 7 nitrogen and oxygen atoms in total. The summed E-state index contributed by atoms with van der Waals surface area (Å²) in [4.78, 5) is 20.7. The number of amides is 1. The van der Waals surface area contributed by atoms with Crippen LogP contribution in [-0.4, -0.2) is 68.7 Å². The van der Waals surface area contributed by atoms with E-state index in [0.29, 0.717) is 16.4 Å². The molecule has 1 saturated heterocycles. The van der Waals surface area contributed by atoms with E-state index in [9.17, 15) is 4.79 Å². The third kappa shape index (κ3) is 2.88. The highest BCUT2D eigenvalue weighted by Crippen LogP contribution is 2.20. The Balaban J connectivity index is 1.80. The number of likely N-dealkylation sites (N-methyl/N-ethyl adjacent to an activating group) is 1. The van der Waals surface area contributed by atoms with Gasteiger partial charge in [0, 0.05) is 32.4 Å². The van der Waals surface area contributed by atoms with Crippen molar-refractivity contribution >= 4 is 17.5 Å². The molecule has 110 valence electrons. The van der Waals surface area contributed by atoms with Crippen LogP contribution in [-0.2, 0) is 0 Å². The lowest BCUT2D eigenvalue weighted by Crippen LogP contribution is -2.47. The smallest absolute Gasteiger partial charge is 0.255 e. The van der Waals surface area contributed by atoms with E-state index in [0.717, 1.165) is 26.2 Å². The Morgan fingerprint density at radius 3 is 2.48 bits per heavy atom. The average Bonchev–Trinajstić information content (AvgIpc) is 3.01. The average molecular weight is 307 g/mol. The van der Waals surface area contributed by atoms with Gasteiger partial charge in [-0.15, -0.1) is 10.2 Å². The molecule has 0 atom stereocenters. The second-order valence-electron chi connectivity index (χ2n) is 4.99. The van der Waals surface area contributed by atoms with E-state index in [1.165, 1.54) is 12.7 Å². The Kier molecular flexibility index (Phi) is 3.85. The molecular formula is C13H15ClN6O. The van der Waals surface area contributed by atoms with Crippen molar-refractivity contribution in [2.24, 2.45) is 0 Å². The summed E-state index contributed by atoms with van der Waals surface area (Å²) in [5.41, 5.74) is 0.501. The lowest BCUT2D eigenvalue weighted by atomic mass is 10.2. The molecule has 0 radical (unpaired) electrons. The van der Waals surface area contributed by atoms with Crippen LogP contribution in [0.1, 0.15) is 10.4 Å². The minimum atomic E-state index is -0.0344. The van der Waals surface area contributed by atoms with Crippen LogP contribution in [0.5, 0.6) is 0 Å². The van der Waals surface area contributed by atoms with Crippen molar-refractivity contribution < 1.29 is 4.79 Å². The van der Waals surface area contributed by atoms with Crippen LogP contribution in [0.3, 0.4) is 0 Å². The molecule has 8 heteroatoms. The van der Waals surface area contributed by atoms with E-state index in [1.807, 2.05) is 11.9 Å². The van der Waals surface area contributed by atoms with Crippen LogP contribution < -0.4 is 0 Å². The van der Waals surface area contributed by atoms with E-state index in [2.05, 4.69) is 20.1 Å². The predicted octanol–water partition coefficient (Wildman–Crippen LogP) is 0.703. The van der Waals surface area contributed by atoms with E-state index < -0.39 is 0 Å². The van der Waals surface area contributed by atoms with Gasteiger partial charge < -0.3 is 9.80 Å². The van der Waals surface area contributed by atoms with Gasteiger partial charge >= 0.3 is 0 Å². The van der Waals surface area contributed by atoms with Gasteiger partial charge in [-0.05, 0) is 13.1 Å². The number of nitrogens with zero attached hydrogens (tertiary/aromatic N) is 6. The molecule has 0 aromatic carbocycles. The number of piperazine rings is 1. The number of rotatable bonds is 2. The van der Waals surface area contributed by atoms with Crippen molar-refractivity contribution in [3.63, 3.8) is 0 Å². The van der Waals surface area contributed by atoms with Gasteiger partial charge in [-0.25, -0.2) is 4.98 Å². The first kappa shape index (κ1) is 14.0. The largest absolute Gasteiger partial charge is 0.336 e. The molecule has 0 saturated carbocycles. The molecule has 0 aliphatic carbocycles. The Morgan fingerprint density at radius 2 is 1.86 bits per heavy atom. The highest BCUT2D eigenvalue weighted by Gasteiger charge is 2.21. The zero-order chi connectivity index (χ0) is 14.8. The standard InChI is InChI=1S/C13H15ClN6O/c1-18-2-4-19(5-3-18)13(21)10-6-11(14)12(15-7-10)20-8-16-17-9-20/h6-9H,2-5H2,1H3. The highest BCUT2D eigenvalue weighted by atomic mass is 35.5. The van der Waals surface area contributed by atoms with Crippen molar-refractivity contribution in [3.05, 3.63) is 35.5 Å². The number of aromatic nitrogens is 4. The van der Waals surface area contributed by atoms with Gasteiger partial charge in [0.25, 0.3) is 5.91 Å². The summed E-state index contributed by atoms with van der Waals surface area (Å²) in [6.07, 6.45) is 4.56. The number of carbonyl (C=O) groups excluding carboxylic acids is 1. The molecule has 3 heterocycles. The quantitative estimate of drug-likeness (QED) is 0.817. The molecular weight excluding hydrogens is 292 g/mol. The zero-order valence-electron chi connectivity index (χ0n) is 11.6. The summed E-state index contributed by atoms with van der Waals surface area (Å²) in [5, 5.41) is 7.82. The summed E-state index contributed by atoms with van der Waals surface area (Å²) in [7, 11) is 2.05. The molecule has 2 aromatic rings. The van der Waals surface area contributed by atoms with Crippen LogP contribution in [0, 0.1) is 0 Å². The maximum atomic E-state index is 12.4. The molecule has 21 heavy (non-hydrogen) atoms. The molecule has 1 amide bonds. The van der Waals surface area contributed by atoms with Gasteiger partial charge in [0.15, 0.2) is 5.82 Å². The first-order chi connectivity index (χ1) is 10.1. The van der Waals surface area contributed by atoms with Gasteiger partial charge in [-0.1, -0.05) is 11.6 Å². The maximum Gasteiger partial charge on any atom is 0.255 e. The van der Waals surface area contributed by atoms with E-state index >= 15 is 0 Å².